The average molecular weight is 215 g/mol. The van der Waals surface area contributed by atoms with Crippen LogP contribution in [0, 0.1) is 11.6 Å². The Hall–Kier alpha value is -1.16. The lowest BCUT2D eigenvalue weighted by Gasteiger charge is -2.11. The highest BCUT2D eigenvalue weighted by Crippen LogP contribution is 2.25. The third-order valence-corrected chi connectivity index (χ3v) is 2.20. The van der Waals surface area contributed by atoms with Gasteiger partial charge in [-0.2, -0.15) is 4.39 Å². The maximum atomic E-state index is 13.3. The van der Waals surface area contributed by atoms with Crippen LogP contribution in [0.3, 0.4) is 0 Å². The number of rotatable bonds is 4. The second-order valence-electron chi connectivity index (χ2n) is 3.57. The molecule has 0 aliphatic rings. The molecule has 1 rings (SSSR count). The first-order valence-corrected chi connectivity index (χ1v) is 4.82. The first-order valence-electron chi connectivity index (χ1n) is 4.82. The van der Waals surface area contributed by atoms with Crippen LogP contribution in [0.2, 0.25) is 0 Å². The van der Waals surface area contributed by atoms with Crippen molar-refractivity contribution in [2.24, 2.45) is 5.73 Å². The third kappa shape index (κ3) is 2.89. The molecule has 0 spiro atoms. The molecule has 1 aromatic rings. The molecule has 1 aromatic carbocycles. The van der Waals surface area contributed by atoms with E-state index < -0.39 is 11.6 Å². The van der Waals surface area contributed by atoms with Gasteiger partial charge in [0.25, 0.3) is 0 Å². The summed E-state index contributed by atoms with van der Waals surface area (Å²) in [4.78, 5) is 0. The van der Waals surface area contributed by atoms with Gasteiger partial charge in [0.1, 0.15) is 0 Å². The van der Waals surface area contributed by atoms with Crippen LogP contribution in [0.15, 0.2) is 12.1 Å². The van der Waals surface area contributed by atoms with Crippen molar-refractivity contribution in [1.82, 2.24) is 0 Å². The van der Waals surface area contributed by atoms with Crippen LogP contribution in [-0.4, -0.2) is 13.2 Å². The Morgan fingerprint density at radius 3 is 2.60 bits per heavy atom. The molecule has 0 amide bonds. The molecule has 0 aliphatic heterocycles. The molecule has 1 atom stereocenters. The summed E-state index contributed by atoms with van der Waals surface area (Å²) in [5.41, 5.74) is 6.24. The van der Waals surface area contributed by atoms with Crippen molar-refractivity contribution in [2.45, 2.75) is 25.8 Å². The Kier molecular flexibility index (Phi) is 4.03. The highest BCUT2D eigenvalue weighted by molar-refractivity contribution is 5.35. The molecule has 15 heavy (non-hydrogen) atoms. The van der Waals surface area contributed by atoms with Crippen molar-refractivity contribution >= 4 is 0 Å². The molecule has 0 aliphatic carbocycles. The van der Waals surface area contributed by atoms with E-state index in [2.05, 4.69) is 0 Å². The molecular weight excluding hydrogens is 200 g/mol. The van der Waals surface area contributed by atoms with E-state index in [1.54, 1.807) is 0 Å². The second-order valence-corrected chi connectivity index (χ2v) is 3.57. The number of ether oxygens (including phenoxy) is 1. The van der Waals surface area contributed by atoms with Crippen molar-refractivity contribution in [2.75, 3.05) is 7.11 Å². The fourth-order valence-corrected chi connectivity index (χ4v) is 1.37. The van der Waals surface area contributed by atoms with Crippen molar-refractivity contribution in [1.29, 1.82) is 0 Å². The van der Waals surface area contributed by atoms with Gasteiger partial charge in [-0.1, -0.05) is 6.07 Å². The summed E-state index contributed by atoms with van der Waals surface area (Å²) in [5, 5.41) is 0. The van der Waals surface area contributed by atoms with Crippen LogP contribution in [0.25, 0.3) is 0 Å². The number of benzene rings is 1. The zero-order chi connectivity index (χ0) is 11.4. The van der Waals surface area contributed by atoms with Crippen molar-refractivity contribution < 1.29 is 13.5 Å². The van der Waals surface area contributed by atoms with Gasteiger partial charge in [-0.25, -0.2) is 4.39 Å². The minimum atomic E-state index is -0.931. The molecule has 0 radical (unpaired) electrons. The van der Waals surface area contributed by atoms with E-state index in [4.69, 9.17) is 10.5 Å². The van der Waals surface area contributed by atoms with E-state index in [0.717, 1.165) is 6.07 Å². The molecule has 1 unspecified atom stereocenters. The summed E-state index contributed by atoms with van der Waals surface area (Å²) in [6.07, 6.45) is 1.29. The lowest BCUT2D eigenvalue weighted by molar-refractivity contribution is 0.366. The van der Waals surface area contributed by atoms with Gasteiger partial charge in [0.05, 0.1) is 7.11 Å². The molecule has 0 fully saturated rings. The summed E-state index contributed by atoms with van der Waals surface area (Å²) in [6, 6.07) is 2.66. The zero-order valence-corrected chi connectivity index (χ0v) is 8.89. The van der Waals surface area contributed by atoms with Crippen LogP contribution in [0.1, 0.15) is 18.9 Å². The summed E-state index contributed by atoms with van der Waals surface area (Å²) in [5.74, 6) is -1.84. The van der Waals surface area contributed by atoms with Crippen LogP contribution in [-0.2, 0) is 6.42 Å². The van der Waals surface area contributed by atoms with Crippen molar-refractivity contribution in [3.05, 3.63) is 29.3 Å². The van der Waals surface area contributed by atoms with E-state index in [0.29, 0.717) is 18.4 Å². The predicted molar refractivity (Wildman–Crippen MR) is 54.9 cm³/mol. The molecule has 2 N–H and O–H groups in total. The number of methoxy groups -OCH3 is 1. The van der Waals surface area contributed by atoms with Crippen LogP contribution in [0.4, 0.5) is 8.78 Å². The van der Waals surface area contributed by atoms with Gasteiger partial charge in [0.2, 0.25) is 5.82 Å². The van der Waals surface area contributed by atoms with Gasteiger partial charge in [0, 0.05) is 6.04 Å². The minimum Gasteiger partial charge on any atom is -0.493 e. The smallest absolute Gasteiger partial charge is 0.200 e. The van der Waals surface area contributed by atoms with Crippen LogP contribution in [0.5, 0.6) is 5.75 Å². The zero-order valence-electron chi connectivity index (χ0n) is 8.89. The monoisotopic (exact) mass is 215 g/mol. The van der Waals surface area contributed by atoms with Crippen LogP contribution < -0.4 is 10.5 Å². The number of aryl methyl sites for hydroxylation is 1. The quantitative estimate of drug-likeness (QED) is 0.836. The number of nitrogens with two attached hydrogens (primary N) is 1. The maximum Gasteiger partial charge on any atom is 0.200 e. The Bertz CT molecular complexity index is 340. The van der Waals surface area contributed by atoms with E-state index in [-0.39, 0.29) is 11.8 Å². The lowest BCUT2D eigenvalue weighted by atomic mass is 10.1. The summed E-state index contributed by atoms with van der Waals surface area (Å²) in [7, 11) is 1.33. The molecule has 84 valence electrons. The third-order valence-electron chi connectivity index (χ3n) is 2.20. The van der Waals surface area contributed by atoms with Crippen molar-refractivity contribution in [3.63, 3.8) is 0 Å². The van der Waals surface area contributed by atoms with E-state index in [1.807, 2.05) is 6.92 Å². The Morgan fingerprint density at radius 2 is 2.07 bits per heavy atom. The molecule has 0 aromatic heterocycles. The molecule has 0 heterocycles. The standard InChI is InChI=1S/C11H15F2NO/c1-7(14)3-4-8-5-6-9(12)10(13)11(8)15-2/h5-7H,3-4,14H2,1-2H3. The maximum absolute atomic E-state index is 13.3. The second kappa shape index (κ2) is 5.07. The summed E-state index contributed by atoms with van der Waals surface area (Å²) < 4.78 is 31.0. The summed E-state index contributed by atoms with van der Waals surface area (Å²) in [6.45, 7) is 1.87. The number of hydrogen-bond donors (Lipinski definition) is 1. The highest BCUT2D eigenvalue weighted by atomic mass is 19.2. The highest BCUT2D eigenvalue weighted by Gasteiger charge is 2.13. The first kappa shape index (κ1) is 11.9. The number of halogens is 2. The number of hydrogen-bond acceptors (Lipinski definition) is 2. The molecular formula is C11H15F2NO. The van der Waals surface area contributed by atoms with Gasteiger partial charge in [-0.15, -0.1) is 0 Å². The van der Waals surface area contributed by atoms with Gasteiger partial charge in [-0.3, -0.25) is 0 Å². The largest absolute Gasteiger partial charge is 0.493 e. The minimum absolute atomic E-state index is 0.0179. The van der Waals surface area contributed by atoms with Gasteiger partial charge >= 0.3 is 0 Å². The molecule has 4 heteroatoms. The van der Waals surface area contributed by atoms with Gasteiger partial charge in [0.15, 0.2) is 11.6 Å². The topological polar surface area (TPSA) is 35.2 Å². The van der Waals surface area contributed by atoms with E-state index in [9.17, 15) is 8.78 Å². The normalized spacial score (nSPS) is 12.6. The lowest BCUT2D eigenvalue weighted by Crippen LogP contribution is -2.15. The first-order chi connectivity index (χ1) is 7.06. The Morgan fingerprint density at radius 1 is 1.40 bits per heavy atom. The van der Waals surface area contributed by atoms with Crippen LogP contribution >= 0.6 is 0 Å². The fraction of sp³-hybridized carbons (Fsp3) is 0.455. The Labute approximate surface area is 88.0 Å². The fourth-order valence-electron chi connectivity index (χ4n) is 1.37. The SMILES string of the molecule is COc1c(CCC(C)N)ccc(F)c1F. The van der Waals surface area contributed by atoms with Gasteiger partial charge < -0.3 is 10.5 Å². The van der Waals surface area contributed by atoms with E-state index >= 15 is 0 Å². The molecule has 0 saturated carbocycles. The molecule has 2 nitrogen and oxygen atoms in total. The molecule has 0 bridgehead atoms. The van der Waals surface area contributed by atoms with E-state index in [1.165, 1.54) is 13.2 Å². The Balaban J connectivity index is 2.92. The summed E-state index contributed by atoms with van der Waals surface area (Å²) >= 11 is 0. The van der Waals surface area contributed by atoms with Crippen molar-refractivity contribution in [3.8, 4) is 5.75 Å². The van der Waals surface area contributed by atoms with Gasteiger partial charge in [-0.05, 0) is 31.4 Å². The average Bonchev–Trinajstić information content (AvgIpc) is 2.19. The molecule has 0 saturated heterocycles. The predicted octanol–water partition coefficient (Wildman–Crippen LogP) is 2.25.